The maximum atomic E-state index is 13.5. The second-order valence-electron chi connectivity index (χ2n) is 5.60. The molecule has 0 spiro atoms. The third-order valence-corrected chi connectivity index (χ3v) is 3.80. The van der Waals surface area contributed by atoms with Crippen molar-refractivity contribution in [3.05, 3.63) is 65.6 Å². The van der Waals surface area contributed by atoms with Crippen LogP contribution in [0.25, 0.3) is 11.4 Å². The monoisotopic (exact) mass is 356 g/mol. The predicted molar refractivity (Wildman–Crippen MR) is 90.3 cm³/mol. The van der Waals surface area contributed by atoms with Crippen LogP contribution in [0.1, 0.15) is 23.1 Å². The summed E-state index contributed by atoms with van der Waals surface area (Å²) in [5.41, 5.74) is 1.75. The molecule has 1 aromatic carbocycles. The molecule has 3 rings (SSSR count). The Morgan fingerprint density at radius 1 is 1.38 bits per heavy atom. The third-order valence-electron chi connectivity index (χ3n) is 3.80. The van der Waals surface area contributed by atoms with Crippen LogP contribution in [0.2, 0.25) is 0 Å². The molecule has 0 bridgehead atoms. The van der Waals surface area contributed by atoms with Gasteiger partial charge in [0.15, 0.2) is 0 Å². The van der Waals surface area contributed by atoms with E-state index in [0.29, 0.717) is 22.8 Å². The molecular formula is C18H17FN4O3. The quantitative estimate of drug-likeness (QED) is 0.679. The first kappa shape index (κ1) is 17.7. The van der Waals surface area contributed by atoms with E-state index in [2.05, 4.69) is 20.4 Å². The van der Waals surface area contributed by atoms with Gasteiger partial charge in [0.1, 0.15) is 11.9 Å². The molecule has 1 atom stereocenters. The van der Waals surface area contributed by atoms with Gasteiger partial charge < -0.3 is 9.26 Å². The summed E-state index contributed by atoms with van der Waals surface area (Å²) in [6, 6.07) is 7.25. The zero-order valence-electron chi connectivity index (χ0n) is 14.3. The number of aromatic nitrogens is 3. The molecule has 0 unspecified atom stereocenters. The van der Waals surface area contributed by atoms with Crippen molar-refractivity contribution in [1.29, 1.82) is 0 Å². The fraction of sp³-hybridized carbons (Fsp3) is 0.222. The minimum absolute atomic E-state index is 0.142. The van der Waals surface area contributed by atoms with Gasteiger partial charge in [-0.3, -0.25) is 10.3 Å². The molecule has 8 heteroatoms. The Bertz CT molecular complexity index is 898. The fourth-order valence-corrected chi connectivity index (χ4v) is 2.43. The number of methoxy groups -OCH3 is 1. The van der Waals surface area contributed by atoms with Crippen molar-refractivity contribution in [3.8, 4) is 11.4 Å². The highest BCUT2D eigenvalue weighted by Gasteiger charge is 2.22. The lowest BCUT2D eigenvalue weighted by Gasteiger charge is -2.16. The second-order valence-corrected chi connectivity index (χ2v) is 5.60. The Kier molecular flexibility index (Phi) is 5.33. The Labute approximate surface area is 149 Å². The smallest absolute Gasteiger partial charge is 0.327 e. The number of aryl methyl sites for hydroxylation is 1. The van der Waals surface area contributed by atoms with Crippen molar-refractivity contribution < 1.29 is 18.4 Å². The molecule has 0 fully saturated rings. The molecule has 0 aliphatic heterocycles. The number of nitrogens with one attached hydrogen (secondary N) is 1. The Balaban J connectivity index is 1.75. The number of carbonyl (C=O) groups is 1. The lowest BCUT2D eigenvalue weighted by molar-refractivity contribution is -0.143. The van der Waals surface area contributed by atoms with E-state index >= 15 is 0 Å². The number of hydrogen-bond donors (Lipinski definition) is 1. The molecule has 7 nitrogen and oxygen atoms in total. The first-order chi connectivity index (χ1) is 12.6. The highest BCUT2D eigenvalue weighted by atomic mass is 19.1. The van der Waals surface area contributed by atoms with Crippen molar-refractivity contribution in [1.82, 2.24) is 20.4 Å². The number of halogens is 1. The fourth-order valence-electron chi connectivity index (χ4n) is 2.43. The van der Waals surface area contributed by atoms with Crippen LogP contribution in [0.5, 0.6) is 0 Å². The molecule has 2 aromatic heterocycles. The summed E-state index contributed by atoms with van der Waals surface area (Å²) in [5.74, 6) is -0.128. The summed E-state index contributed by atoms with van der Waals surface area (Å²) in [6.45, 7) is 1.77. The first-order valence-corrected chi connectivity index (χ1v) is 7.88. The average molecular weight is 356 g/mol. The third kappa shape index (κ3) is 3.92. The molecule has 0 aliphatic rings. The molecule has 0 radical (unpaired) electrons. The zero-order valence-corrected chi connectivity index (χ0v) is 14.3. The SMILES string of the molecule is COC(=O)[C@@H](NCc1nc(-c2cccnc2)no1)c1ccc(F)c(C)c1. The van der Waals surface area contributed by atoms with E-state index in [1.165, 1.54) is 19.2 Å². The normalized spacial score (nSPS) is 12.0. The van der Waals surface area contributed by atoms with Gasteiger partial charge in [-0.25, -0.2) is 9.18 Å². The van der Waals surface area contributed by atoms with Crippen LogP contribution < -0.4 is 5.32 Å². The minimum Gasteiger partial charge on any atom is -0.468 e. The van der Waals surface area contributed by atoms with Gasteiger partial charge in [0.25, 0.3) is 0 Å². The maximum Gasteiger partial charge on any atom is 0.327 e. The van der Waals surface area contributed by atoms with E-state index in [9.17, 15) is 9.18 Å². The van der Waals surface area contributed by atoms with Gasteiger partial charge in [0, 0.05) is 18.0 Å². The van der Waals surface area contributed by atoms with E-state index in [1.54, 1.807) is 31.5 Å². The molecule has 3 aromatic rings. The van der Waals surface area contributed by atoms with Crippen molar-refractivity contribution in [2.75, 3.05) is 7.11 Å². The Morgan fingerprint density at radius 3 is 2.92 bits per heavy atom. The van der Waals surface area contributed by atoms with Gasteiger partial charge >= 0.3 is 5.97 Å². The van der Waals surface area contributed by atoms with Crippen LogP contribution in [0.15, 0.2) is 47.2 Å². The molecule has 26 heavy (non-hydrogen) atoms. The minimum atomic E-state index is -0.784. The lowest BCUT2D eigenvalue weighted by Crippen LogP contribution is -2.29. The molecule has 0 amide bonds. The average Bonchev–Trinajstić information content (AvgIpc) is 3.14. The van der Waals surface area contributed by atoms with Crippen molar-refractivity contribution in [2.24, 2.45) is 0 Å². The van der Waals surface area contributed by atoms with Crippen LogP contribution in [0.3, 0.4) is 0 Å². The molecule has 0 saturated heterocycles. The number of benzene rings is 1. The Hall–Kier alpha value is -3.13. The van der Waals surface area contributed by atoms with E-state index < -0.39 is 12.0 Å². The number of hydrogen-bond acceptors (Lipinski definition) is 7. The van der Waals surface area contributed by atoms with E-state index in [-0.39, 0.29) is 12.4 Å². The summed E-state index contributed by atoms with van der Waals surface area (Å²) in [7, 11) is 1.29. The molecule has 0 saturated carbocycles. The summed E-state index contributed by atoms with van der Waals surface area (Å²) in [6.07, 6.45) is 3.28. The van der Waals surface area contributed by atoms with Crippen LogP contribution in [-0.2, 0) is 16.1 Å². The molecule has 0 aliphatic carbocycles. The highest BCUT2D eigenvalue weighted by Crippen LogP contribution is 2.19. The largest absolute Gasteiger partial charge is 0.468 e. The van der Waals surface area contributed by atoms with E-state index in [1.807, 2.05) is 6.07 Å². The first-order valence-electron chi connectivity index (χ1n) is 7.88. The van der Waals surface area contributed by atoms with Crippen molar-refractivity contribution >= 4 is 5.97 Å². The van der Waals surface area contributed by atoms with Crippen molar-refractivity contribution in [2.45, 2.75) is 19.5 Å². The number of esters is 1. The summed E-state index contributed by atoms with van der Waals surface area (Å²) < 4.78 is 23.5. The summed E-state index contributed by atoms with van der Waals surface area (Å²) in [5, 5.41) is 6.90. The highest BCUT2D eigenvalue weighted by molar-refractivity contribution is 5.77. The molecular weight excluding hydrogens is 339 g/mol. The number of nitrogens with zero attached hydrogens (tertiary/aromatic N) is 3. The van der Waals surface area contributed by atoms with Crippen LogP contribution in [0, 0.1) is 12.7 Å². The van der Waals surface area contributed by atoms with Gasteiger partial charge in [-0.2, -0.15) is 4.98 Å². The Morgan fingerprint density at radius 2 is 2.23 bits per heavy atom. The standard InChI is InChI=1S/C18H17FN4O3/c1-11-8-12(5-6-14(11)19)16(18(24)25-2)21-10-15-22-17(23-26-15)13-4-3-7-20-9-13/h3-9,16,21H,10H2,1-2H3/t16-/m0/s1. The number of carbonyl (C=O) groups excluding carboxylic acids is 1. The van der Waals surface area contributed by atoms with Crippen LogP contribution >= 0.6 is 0 Å². The number of ether oxygens (including phenoxy) is 1. The van der Waals surface area contributed by atoms with E-state index in [4.69, 9.17) is 9.26 Å². The van der Waals surface area contributed by atoms with Gasteiger partial charge in [0.05, 0.1) is 13.7 Å². The summed E-state index contributed by atoms with van der Waals surface area (Å²) in [4.78, 5) is 20.4. The van der Waals surface area contributed by atoms with Gasteiger partial charge in [-0.15, -0.1) is 0 Å². The predicted octanol–water partition coefficient (Wildman–Crippen LogP) is 2.58. The van der Waals surface area contributed by atoms with Crippen LogP contribution in [-0.4, -0.2) is 28.2 Å². The summed E-state index contributed by atoms with van der Waals surface area (Å²) >= 11 is 0. The maximum absolute atomic E-state index is 13.5. The van der Waals surface area contributed by atoms with Gasteiger partial charge in [-0.05, 0) is 36.2 Å². The number of rotatable bonds is 6. The van der Waals surface area contributed by atoms with Crippen LogP contribution in [0.4, 0.5) is 4.39 Å². The lowest BCUT2D eigenvalue weighted by atomic mass is 10.0. The van der Waals surface area contributed by atoms with Gasteiger partial charge in [0.2, 0.25) is 11.7 Å². The molecule has 2 heterocycles. The topological polar surface area (TPSA) is 90.1 Å². The number of pyridine rings is 1. The molecule has 1 N–H and O–H groups in total. The van der Waals surface area contributed by atoms with Crippen molar-refractivity contribution in [3.63, 3.8) is 0 Å². The zero-order chi connectivity index (χ0) is 18.5. The van der Waals surface area contributed by atoms with E-state index in [0.717, 1.165) is 5.56 Å². The van der Waals surface area contributed by atoms with Gasteiger partial charge in [-0.1, -0.05) is 17.3 Å². The molecule has 134 valence electrons. The second kappa shape index (κ2) is 7.83.